The Labute approximate surface area is 173 Å². The van der Waals surface area contributed by atoms with Crippen LogP contribution in [0.3, 0.4) is 0 Å². The average Bonchev–Trinajstić information content (AvgIpc) is 2.60. The van der Waals surface area contributed by atoms with Gasteiger partial charge in [0.1, 0.15) is 12.3 Å². The van der Waals surface area contributed by atoms with Crippen LogP contribution in [-0.4, -0.2) is 24.1 Å². The monoisotopic (exact) mass is 497 g/mol. The number of nitrogens with one attached hydrogen (secondary N) is 1. The van der Waals surface area contributed by atoms with Crippen molar-refractivity contribution in [3.05, 3.63) is 62.2 Å². The van der Waals surface area contributed by atoms with Gasteiger partial charge < -0.3 is 19.9 Å². The van der Waals surface area contributed by atoms with Crippen LogP contribution < -0.4 is 14.8 Å². The number of hydrogen-bond acceptors (Lipinski definition) is 4. The molecule has 2 rings (SSSR count). The van der Waals surface area contributed by atoms with E-state index in [1.54, 1.807) is 12.1 Å². The molecule has 0 unspecified atom stereocenters. The molecule has 0 heterocycles. The molecule has 2 aromatic rings. The molecular weight excluding hydrogens is 482 g/mol. The summed E-state index contributed by atoms with van der Waals surface area (Å²) in [6.45, 7) is 1.56. The van der Waals surface area contributed by atoms with Crippen molar-refractivity contribution in [2.45, 2.75) is 13.5 Å². The fourth-order valence-corrected chi connectivity index (χ4v) is 3.21. The van der Waals surface area contributed by atoms with Crippen molar-refractivity contribution in [1.82, 2.24) is 5.32 Å². The van der Waals surface area contributed by atoms with E-state index in [9.17, 15) is 14.7 Å². The van der Waals surface area contributed by atoms with E-state index in [0.717, 1.165) is 10.0 Å². The number of benzene rings is 2. The van der Waals surface area contributed by atoms with Crippen molar-refractivity contribution < 1.29 is 24.2 Å². The second-order valence-electron chi connectivity index (χ2n) is 5.46. The smallest absolute Gasteiger partial charge is 0.352 e. The van der Waals surface area contributed by atoms with Crippen LogP contribution in [0.25, 0.3) is 6.08 Å². The molecule has 0 aliphatic heterocycles. The molecule has 0 aliphatic rings. The number of amides is 1. The fourth-order valence-electron chi connectivity index (χ4n) is 2.24. The SMILES string of the molecule is COc1cc(/C=C(/NC(C)=O)C(=O)O)cc(Br)c1OCc1ccccc1Br. The quantitative estimate of drug-likeness (QED) is 0.554. The second kappa shape index (κ2) is 9.57. The second-order valence-corrected chi connectivity index (χ2v) is 7.17. The predicted molar refractivity (Wildman–Crippen MR) is 109 cm³/mol. The van der Waals surface area contributed by atoms with Crippen LogP contribution in [0.5, 0.6) is 11.5 Å². The van der Waals surface area contributed by atoms with Crippen molar-refractivity contribution in [1.29, 1.82) is 0 Å². The maximum absolute atomic E-state index is 11.3. The molecule has 0 radical (unpaired) electrons. The fraction of sp³-hybridized carbons (Fsp3) is 0.158. The number of aliphatic carboxylic acids is 1. The number of methoxy groups -OCH3 is 1. The lowest BCUT2D eigenvalue weighted by atomic mass is 10.1. The lowest BCUT2D eigenvalue weighted by Crippen LogP contribution is -2.24. The number of rotatable bonds is 7. The summed E-state index contributed by atoms with van der Waals surface area (Å²) in [6, 6.07) is 11.0. The Balaban J connectivity index is 2.32. The molecule has 0 atom stereocenters. The minimum absolute atomic E-state index is 0.238. The number of carbonyl (C=O) groups excluding carboxylic acids is 1. The van der Waals surface area contributed by atoms with Crippen LogP contribution >= 0.6 is 31.9 Å². The Morgan fingerprint density at radius 3 is 2.48 bits per heavy atom. The summed E-state index contributed by atoms with van der Waals surface area (Å²) in [5.41, 5.74) is 1.26. The number of hydrogen-bond donors (Lipinski definition) is 2. The molecule has 0 fully saturated rings. The zero-order chi connectivity index (χ0) is 20.0. The van der Waals surface area contributed by atoms with Crippen molar-refractivity contribution in [3.8, 4) is 11.5 Å². The first-order valence-corrected chi connectivity index (χ1v) is 9.36. The van der Waals surface area contributed by atoms with E-state index >= 15 is 0 Å². The van der Waals surface area contributed by atoms with Crippen LogP contribution in [0.15, 0.2) is 51.0 Å². The molecule has 8 heteroatoms. The summed E-state index contributed by atoms with van der Waals surface area (Å²) >= 11 is 6.90. The number of ether oxygens (including phenoxy) is 2. The maximum atomic E-state index is 11.3. The highest BCUT2D eigenvalue weighted by Crippen LogP contribution is 2.38. The van der Waals surface area contributed by atoms with Crippen LogP contribution in [0.4, 0.5) is 0 Å². The van der Waals surface area contributed by atoms with Gasteiger partial charge in [0, 0.05) is 17.0 Å². The molecule has 0 spiro atoms. The van der Waals surface area contributed by atoms with Crippen LogP contribution in [-0.2, 0) is 16.2 Å². The third kappa shape index (κ3) is 5.83. The van der Waals surface area contributed by atoms with E-state index in [-0.39, 0.29) is 5.70 Å². The highest BCUT2D eigenvalue weighted by molar-refractivity contribution is 9.10. The summed E-state index contributed by atoms with van der Waals surface area (Å²) in [6.07, 6.45) is 1.34. The highest BCUT2D eigenvalue weighted by Gasteiger charge is 2.14. The van der Waals surface area contributed by atoms with Crippen molar-refractivity contribution in [3.63, 3.8) is 0 Å². The van der Waals surface area contributed by atoms with Crippen molar-refractivity contribution in [2.75, 3.05) is 7.11 Å². The Morgan fingerprint density at radius 1 is 1.19 bits per heavy atom. The molecule has 0 aliphatic carbocycles. The molecule has 0 saturated heterocycles. The zero-order valence-electron chi connectivity index (χ0n) is 14.6. The molecule has 0 aromatic heterocycles. The molecule has 142 valence electrons. The summed E-state index contributed by atoms with van der Waals surface area (Å²) in [7, 11) is 1.49. The molecule has 0 saturated carbocycles. The van der Waals surface area contributed by atoms with Gasteiger partial charge in [-0.3, -0.25) is 4.79 Å². The first-order valence-electron chi connectivity index (χ1n) is 7.78. The Hall–Kier alpha value is -2.32. The molecular formula is C19H17Br2NO5. The molecule has 2 aromatic carbocycles. The normalized spacial score (nSPS) is 11.0. The van der Waals surface area contributed by atoms with E-state index in [4.69, 9.17) is 9.47 Å². The zero-order valence-corrected chi connectivity index (χ0v) is 17.8. The number of carboxylic acid groups (broad SMARTS) is 1. The van der Waals surface area contributed by atoms with Crippen LogP contribution in [0.1, 0.15) is 18.1 Å². The van der Waals surface area contributed by atoms with E-state index in [2.05, 4.69) is 37.2 Å². The van der Waals surface area contributed by atoms with E-state index in [0.29, 0.717) is 28.1 Å². The van der Waals surface area contributed by atoms with Crippen LogP contribution in [0, 0.1) is 0 Å². The highest BCUT2D eigenvalue weighted by atomic mass is 79.9. The molecule has 2 N–H and O–H groups in total. The molecule has 1 amide bonds. The topological polar surface area (TPSA) is 84.9 Å². The Bertz CT molecular complexity index is 896. The first kappa shape index (κ1) is 21.0. The van der Waals surface area contributed by atoms with Crippen molar-refractivity contribution >= 4 is 49.8 Å². The van der Waals surface area contributed by atoms with Gasteiger partial charge in [0.15, 0.2) is 11.5 Å². The lowest BCUT2D eigenvalue weighted by molar-refractivity contribution is -0.134. The minimum Gasteiger partial charge on any atom is -0.493 e. The summed E-state index contributed by atoms with van der Waals surface area (Å²) < 4.78 is 12.8. The van der Waals surface area contributed by atoms with Gasteiger partial charge in [-0.15, -0.1) is 0 Å². The van der Waals surface area contributed by atoms with E-state index < -0.39 is 11.9 Å². The van der Waals surface area contributed by atoms with Gasteiger partial charge in [0.05, 0.1) is 11.6 Å². The van der Waals surface area contributed by atoms with Gasteiger partial charge in [0.25, 0.3) is 0 Å². The Morgan fingerprint density at radius 2 is 1.89 bits per heavy atom. The van der Waals surface area contributed by atoms with Gasteiger partial charge in [0.2, 0.25) is 5.91 Å². The molecule has 0 bridgehead atoms. The summed E-state index contributed by atoms with van der Waals surface area (Å²) in [5, 5.41) is 11.5. The van der Waals surface area contributed by atoms with Gasteiger partial charge >= 0.3 is 5.97 Å². The number of carboxylic acids is 1. The predicted octanol–water partition coefficient (Wildman–Crippen LogP) is 4.36. The Kier molecular flexibility index (Phi) is 7.44. The average molecular weight is 499 g/mol. The van der Waals surface area contributed by atoms with E-state index in [1.165, 1.54) is 20.1 Å². The molecule has 6 nitrogen and oxygen atoms in total. The molecule has 27 heavy (non-hydrogen) atoms. The standard InChI is InChI=1S/C19H17Br2NO5/c1-11(23)22-16(19(24)25)8-12-7-15(21)18(17(9-12)26-2)27-10-13-5-3-4-6-14(13)20/h3-9H,10H2,1-2H3,(H,22,23)(H,24,25)/b16-8+. The number of carbonyl (C=O) groups is 2. The third-order valence-corrected chi connectivity index (χ3v) is 4.80. The van der Waals surface area contributed by atoms with E-state index in [1.807, 2.05) is 24.3 Å². The van der Waals surface area contributed by atoms with Crippen LogP contribution in [0.2, 0.25) is 0 Å². The third-order valence-electron chi connectivity index (χ3n) is 3.43. The van der Waals surface area contributed by atoms with Crippen molar-refractivity contribution in [2.24, 2.45) is 0 Å². The largest absolute Gasteiger partial charge is 0.493 e. The maximum Gasteiger partial charge on any atom is 0.352 e. The van der Waals surface area contributed by atoms with Gasteiger partial charge in [-0.2, -0.15) is 0 Å². The summed E-state index contributed by atoms with van der Waals surface area (Å²) in [5.74, 6) is -0.797. The number of halogens is 2. The first-order chi connectivity index (χ1) is 12.8. The van der Waals surface area contributed by atoms with Gasteiger partial charge in [-0.05, 0) is 45.8 Å². The lowest BCUT2D eigenvalue weighted by Gasteiger charge is -2.14. The summed E-state index contributed by atoms with van der Waals surface area (Å²) in [4.78, 5) is 22.4. The minimum atomic E-state index is -1.24. The van der Waals surface area contributed by atoms with Gasteiger partial charge in [-0.25, -0.2) is 4.79 Å². The van der Waals surface area contributed by atoms with Gasteiger partial charge in [-0.1, -0.05) is 34.1 Å².